The van der Waals surface area contributed by atoms with Crippen LogP contribution in [-0.2, 0) is 11.3 Å². The van der Waals surface area contributed by atoms with E-state index in [-0.39, 0.29) is 6.61 Å². The van der Waals surface area contributed by atoms with Crippen molar-refractivity contribution < 1.29 is 13.9 Å². The number of nitrogens with one attached hydrogen (secondary N) is 1. The summed E-state index contributed by atoms with van der Waals surface area (Å²) in [5.41, 5.74) is 0.903. The Balaban J connectivity index is 2.29. The minimum Gasteiger partial charge on any atom is -0.445 e. The Hall–Kier alpha value is -1.58. The number of hydrogen-bond donors (Lipinski definition) is 1. The van der Waals surface area contributed by atoms with E-state index in [9.17, 15) is 9.18 Å². The normalized spacial score (nSPS) is 11.9. The molecule has 0 fully saturated rings. The van der Waals surface area contributed by atoms with Gasteiger partial charge in [0, 0.05) is 0 Å². The Labute approximate surface area is 88.2 Å². The van der Waals surface area contributed by atoms with Gasteiger partial charge in [0.05, 0.1) is 6.04 Å². The molecule has 1 atom stereocenters. The van der Waals surface area contributed by atoms with Crippen LogP contribution in [0.1, 0.15) is 12.5 Å². The molecule has 0 saturated heterocycles. The lowest BCUT2D eigenvalue weighted by Gasteiger charge is -2.10. The van der Waals surface area contributed by atoms with Crippen LogP contribution in [0.2, 0.25) is 0 Å². The second-order valence-electron chi connectivity index (χ2n) is 3.26. The predicted octanol–water partition coefficient (Wildman–Crippen LogP) is 2.27. The SMILES string of the molecule is CC(C[18F])NC(=O)OCc1ccccc1. The second-order valence-corrected chi connectivity index (χ2v) is 3.26. The van der Waals surface area contributed by atoms with Crippen LogP contribution < -0.4 is 5.32 Å². The molecule has 0 bridgehead atoms. The topological polar surface area (TPSA) is 38.3 Å². The third kappa shape index (κ3) is 4.44. The molecule has 0 aliphatic heterocycles. The largest absolute Gasteiger partial charge is 0.445 e. The molecule has 0 radical (unpaired) electrons. The average Bonchev–Trinajstić information content (AvgIpc) is 2.27. The van der Waals surface area contributed by atoms with Gasteiger partial charge in [0.1, 0.15) is 13.3 Å². The van der Waals surface area contributed by atoms with Crippen LogP contribution in [0, 0.1) is 0 Å². The highest BCUT2D eigenvalue weighted by molar-refractivity contribution is 5.67. The Morgan fingerprint density at radius 1 is 1.47 bits per heavy atom. The summed E-state index contributed by atoms with van der Waals surface area (Å²) in [6.07, 6.45) is -0.594. The van der Waals surface area contributed by atoms with Gasteiger partial charge in [0.15, 0.2) is 0 Å². The lowest BCUT2D eigenvalue weighted by atomic mass is 10.2. The minimum atomic E-state index is -0.597. The number of carbonyl (C=O) groups is 1. The van der Waals surface area contributed by atoms with Crippen molar-refractivity contribution in [2.45, 2.75) is 19.6 Å². The Bertz CT molecular complexity index is 303. The van der Waals surface area contributed by atoms with E-state index in [0.717, 1.165) is 5.56 Å². The molecular weight excluding hydrogens is 196 g/mol. The van der Waals surface area contributed by atoms with Crippen molar-refractivity contribution >= 4 is 6.09 Å². The van der Waals surface area contributed by atoms with Gasteiger partial charge >= 0.3 is 6.09 Å². The van der Waals surface area contributed by atoms with Gasteiger partial charge in [-0.05, 0) is 12.5 Å². The van der Waals surface area contributed by atoms with Gasteiger partial charge in [0.25, 0.3) is 0 Å². The molecule has 0 aromatic heterocycles. The van der Waals surface area contributed by atoms with Crippen LogP contribution in [0.3, 0.4) is 0 Å². The summed E-state index contributed by atoms with van der Waals surface area (Å²) in [4.78, 5) is 11.1. The first kappa shape index (κ1) is 11.5. The van der Waals surface area contributed by atoms with Crippen LogP contribution >= 0.6 is 0 Å². The summed E-state index contributed by atoms with van der Waals surface area (Å²) in [5, 5.41) is 2.36. The third-order valence-electron chi connectivity index (χ3n) is 1.81. The third-order valence-corrected chi connectivity index (χ3v) is 1.81. The highest BCUT2D eigenvalue weighted by Crippen LogP contribution is 2.00. The van der Waals surface area contributed by atoms with E-state index in [1.54, 1.807) is 6.92 Å². The molecule has 1 rings (SSSR count). The number of halogens is 1. The zero-order valence-electron chi connectivity index (χ0n) is 8.57. The van der Waals surface area contributed by atoms with Crippen LogP contribution in [0.5, 0.6) is 0 Å². The molecule has 82 valence electrons. The van der Waals surface area contributed by atoms with Crippen molar-refractivity contribution in [2.75, 3.05) is 6.67 Å². The molecule has 1 unspecified atom stereocenters. The van der Waals surface area contributed by atoms with E-state index in [0.29, 0.717) is 0 Å². The molecule has 15 heavy (non-hydrogen) atoms. The highest BCUT2D eigenvalue weighted by Gasteiger charge is 2.07. The van der Waals surface area contributed by atoms with Gasteiger partial charge in [-0.1, -0.05) is 30.3 Å². The minimum absolute atomic E-state index is 0.200. The summed E-state index contributed by atoms with van der Waals surface area (Å²) >= 11 is 0. The van der Waals surface area contributed by atoms with Crippen LogP contribution in [-0.4, -0.2) is 18.8 Å². The zero-order valence-corrected chi connectivity index (χ0v) is 8.57. The standard InChI is InChI=1S/C11H14FNO2/c1-9(7-12)13-11(14)15-8-10-5-3-2-4-6-10/h2-6,9H,7-8H2,1H3,(H,13,14)/i12-1. The van der Waals surface area contributed by atoms with Gasteiger partial charge in [-0.25, -0.2) is 9.18 Å². The van der Waals surface area contributed by atoms with E-state index < -0.39 is 18.8 Å². The van der Waals surface area contributed by atoms with Crippen molar-refractivity contribution in [3.05, 3.63) is 35.9 Å². The van der Waals surface area contributed by atoms with Crippen LogP contribution in [0.25, 0.3) is 0 Å². The summed E-state index contributed by atoms with van der Waals surface area (Å²) in [6, 6.07) is 8.81. The molecule has 0 aliphatic rings. The van der Waals surface area contributed by atoms with E-state index in [2.05, 4.69) is 5.32 Å². The van der Waals surface area contributed by atoms with Gasteiger partial charge < -0.3 is 10.1 Å². The number of alkyl carbamates (subject to hydrolysis) is 1. The maximum atomic E-state index is 12.0. The van der Waals surface area contributed by atoms with E-state index >= 15 is 0 Å². The Morgan fingerprint density at radius 2 is 2.13 bits per heavy atom. The predicted molar refractivity (Wildman–Crippen MR) is 55.2 cm³/mol. The first-order valence-corrected chi connectivity index (χ1v) is 4.75. The highest BCUT2D eigenvalue weighted by atomic mass is 18.2. The fourth-order valence-electron chi connectivity index (χ4n) is 1.00. The summed E-state index contributed by atoms with van der Waals surface area (Å²) in [7, 11) is 0. The van der Waals surface area contributed by atoms with Crippen molar-refractivity contribution in [3.63, 3.8) is 0 Å². The van der Waals surface area contributed by atoms with E-state index in [1.807, 2.05) is 30.3 Å². The number of carbonyl (C=O) groups excluding carboxylic acids is 1. The van der Waals surface area contributed by atoms with Crippen molar-refractivity contribution in [1.29, 1.82) is 0 Å². The van der Waals surface area contributed by atoms with Gasteiger partial charge in [-0.2, -0.15) is 0 Å². The first-order chi connectivity index (χ1) is 7.22. The number of benzene rings is 1. The zero-order chi connectivity index (χ0) is 11.1. The molecule has 0 heterocycles. The fraction of sp³-hybridized carbons (Fsp3) is 0.364. The molecule has 0 saturated carbocycles. The van der Waals surface area contributed by atoms with Gasteiger partial charge in [-0.15, -0.1) is 0 Å². The lowest BCUT2D eigenvalue weighted by Crippen LogP contribution is -2.34. The molecule has 4 heteroatoms. The summed E-state index contributed by atoms with van der Waals surface area (Å²) < 4.78 is 16.9. The molecule has 1 amide bonds. The number of hydrogen-bond acceptors (Lipinski definition) is 2. The molecule has 0 spiro atoms. The fourth-order valence-corrected chi connectivity index (χ4v) is 1.00. The number of alkyl halides is 1. The Morgan fingerprint density at radius 3 is 2.73 bits per heavy atom. The smallest absolute Gasteiger partial charge is 0.407 e. The molecule has 1 aromatic rings. The Kier molecular flexibility index (Phi) is 4.60. The molecular formula is C11H14FNO2. The summed E-state index contributed by atoms with van der Waals surface area (Å²) in [5.74, 6) is 0. The first-order valence-electron chi connectivity index (χ1n) is 4.75. The average molecular weight is 210 g/mol. The molecule has 1 aromatic carbocycles. The van der Waals surface area contributed by atoms with Crippen molar-refractivity contribution in [1.82, 2.24) is 5.32 Å². The van der Waals surface area contributed by atoms with E-state index in [4.69, 9.17) is 4.74 Å². The molecule has 0 aliphatic carbocycles. The summed E-state index contributed by atoms with van der Waals surface area (Å²) in [6.45, 7) is 1.18. The quantitative estimate of drug-likeness (QED) is 0.827. The van der Waals surface area contributed by atoms with Gasteiger partial charge in [0.2, 0.25) is 0 Å². The number of ether oxygens (including phenoxy) is 1. The van der Waals surface area contributed by atoms with Crippen molar-refractivity contribution in [2.24, 2.45) is 0 Å². The number of amides is 1. The van der Waals surface area contributed by atoms with Crippen LogP contribution in [0.4, 0.5) is 9.18 Å². The van der Waals surface area contributed by atoms with Gasteiger partial charge in [-0.3, -0.25) is 0 Å². The lowest BCUT2D eigenvalue weighted by molar-refractivity contribution is 0.134. The van der Waals surface area contributed by atoms with Crippen molar-refractivity contribution in [3.8, 4) is 0 Å². The molecule has 1 N–H and O–H groups in total. The maximum absolute atomic E-state index is 12.0. The number of rotatable bonds is 4. The van der Waals surface area contributed by atoms with Crippen LogP contribution in [0.15, 0.2) is 30.3 Å². The monoisotopic (exact) mass is 210 g/mol. The maximum Gasteiger partial charge on any atom is 0.407 e. The van der Waals surface area contributed by atoms with E-state index in [1.165, 1.54) is 0 Å². The second kappa shape index (κ2) is 6.01. The molecule has 3 nitrogen and oxygen atoms in total.